The van der Waals surface area contributed by atoms with E-state index in [2.05, 4.69) is 20.9 Å². The van der Waals surface area contributed by atoms with E-state index in [1.54, 1.807) is 12.4 Å². The number of halogens is 1. The number of nitrogens with two attached hydrogens (primary N) is 1. The Morgan fingerprint density at radius 1 is 1.10 bits per heavy atom. The number of rotatable bonds is 3. The van der Waals surface area contributed by atoms with Gasteiger partial charge in [-0.25, -0.2) is 0 Å². The SMILES string of the molecule is Nc1c(OCc2ccccc2Br)ccc2cnccc12. The van der Waals surface area contributed by atoms with Crippen molar-refractivity contribution in [3.8, 4) is 5.75 Å². The maximum atomic E-state index is 6.16. The van der Waals surface area contributed by atoms with Crippen molar-refractivity contribution in [2.24, 2.45) is 0 Å². The zero-order valence-electron chi connectivity index (χ0n) is 10.7. The molecular formula is C16H13BrN2O. The second kappa shape index (κ2) is 5.51. The van der Waals surface area contributed by atoms with Crippen LogP contribution in [-0.4, -0.2) is 4.98 Å². The smallest absolute Gasteiger partial charge is 0.143 e. The summed E-state index contributed by atoms with van der Waals surface area (Å²) in [6.45, 7) is 0.474. The van der Waals surface area contributed by atoms with Crippen LogP contribution in [0.2, 0.25) is 0 Å². The van der Waals surface area contributed by atoms with Gasteiger partial charge in [0.2, 0.25) is 0 Å². The molecule has 4 heteroatoms. The monoisotopic (exact) mass is 328 g/mol. The van der Waals surface area contributed by atoms with Crippen LogP contribution in [-0.2, 0) is 6.61 Å². The van der Waals surface area contributed by atoms with Gasteiger partial charge in [-0.2, -0.15) is 0 Å². The number of fused-ring (bicyclic) bond motifs is 1. The number of ether oxygens (including phenoxy) is 1. The summed E-state index contributed by atoms with van der Waals surface area (Å²) < 4.78 is 6.87. The highest BCUT2D eigenvalue weighted by atomic mass is 79.9. The maximum Gasteiger partial charge on any atom is 0.143 e. The Morgan fingerprint density at radius 2 is 1.95 bits per heavy atom. The predicted octanol–water partition coefficient (Wildman–Crippen LogP) is 4.16. The molecule has 2 aromatic carbocycles. The first-order chi connectivity index (χ1) is 9.75. The summed E-state index contributed by atoms with van der Waals surface area (Å²) >= 11 is 3.51. The Labute approximate surface area is 125 Å². The highest BCUT2D eigenvalue weighted by Crippen LogP contribution is 2.31. The first-order valence-corrected chi connectivity index (χ1v) is 7.03. The molecule has 0 radical (unpaired) electrons. The molecule has 0 aliphatic heterocycles. The third-order valence-electron chi connectivity index (χ3n) is 3.16. The van der Waals surface area contributed by atoms with E-state index in [4.69, 9.17) is 10.5 Å². The largest absolute Gasteiger partial charge is 0.487 e. The van der Waals surface area contributed by atoms with Crippen molar-refractivity contribution < 1.29 is 4.74 Å². The first kappa shape index (κ1) is 12.9. The Balaban J connectivity index is 1.88. The molecule has 0 fully saturated rings. The van der Waals surface area contributed by atoms with E-state index in [9.17, 15) is 0 Å². The predicted molar refractivity (Wildman–Crippen MR) is 84.6 cm³/mol. The Bertz CT molecular complexity index is 758. The molecule has 1 aromatic heterocycles. The summed E-state index contributed by atoms with van der Waals surface area (Å²) in [5.74, 6) is 0.694. The average Bonchev–Trinajstić information content (AvgIpc) is 2.48. The number of pyridine rings is 1. The summed E-state index contributed by atoms with van der Waals surface area (Å²) in [6.07, 6.45) is 3.53. The number of nitrogen functional groups attached to an aromatic ring is 1. The summed E-state index contributed by atoms with van der Waals surface area (Å²) in [6, 6.07) is 13.7. The quantitative estimate of drug-likeness (QED) is 0.734. The summed E-state index contributed by atoms with van der Waals surface area (Å²) in [5, 5.41) is 1.97. The van der Waals surface area contributed by atoms with Gasteiger partial charge < -0.3 is 10.5 Å². The van der Waals surface area contributed by atoms with Crippen LogP contribution in [0, 0.1) is 0 Å². The third-order valence-corrected chi connectivity index (χ3v) is 3.94. The highest BCUT2D eigenvalue weighted by molar-refractivity contribution is 9.10. The molecule has 0 aliphatic rings. The van der Waals surface area contributed by atoms with E-state index in [0.717, 1.165) is 20.8 Å². The van der Waals surface area contributed by atoms with Crippen molar-refractivity contribution in [3.05, 3.63) is 64.9 Å². The number of hydrogen-bond acceptors (Lipinski definition) is 3. The molecule has 0 saturated carbocycles. The lowest BCUT2D eigenvalue weighted by Gasteiger charge is -2.11. The normalized spacial score (nSPS) is 10.7. The molecule has 0 saturated heterocycles. The molecule has 2 N–H and O–H groups in total. The molecule has 3 aromatic rings. The molecule has 0 bridgehead atoms. The molecule has 0 aliphatic carbocycles. The van der Waals surface area contributed by atoms with Gasteiger partial charge in [0.05, 0.1) is 5.69 Å². The van der Waals surface area contributed by atoms with Crippen molar-refractivity contribution in [2.75, 3.05) is 5.73 Å². The molecule has 20 heavy (non-hydrogen) atoms. The highest BCUT2D eigenvalue weighted by Gasteiger charge is 2.06. The van der Waals surface area contributed by atoms with Crippen LogP contribution < -0.4 is 10.5 Å². The second-order valence-electron chi connectivity index (χ2n) is 4.45. The van der Waals surface area contributed by atoms with Crippen LogP contribution in [0.15, 0.2) is 59.3 Å². The molecule has 0 amide bonds. The summed E-state index contributed by atoms with van der Waals surface area (Å²) in [7, 11) is 0. The minimum absolute atomic E-state index is 0.474. The summed E-state index contributed by atoms with van der Waals surface area (Å²) in [4.78, 5) is 4.09. The topological polar surface area (TPSA) is 48.1 Å². The van der Waals surface area contributed by atoms with Crippen LogP contribution in [0.5, 0.6) is 5.75 Å². The number of aromatic nitrogens is 1. The van der Waals surface area contributed by atoms with Crippen molar-refractivity contribution in [1.82, 2.24) is 4.98 Å². The molecule has 1 heterocycles. The van der Waals surface area contributed by atoms with Gasteiger partial charge >= 0.3 is 0 Å². The van der Waals surface area contributed by atoms with Crippen molar-refractivity contribution >= 4 is 32.4 Å². The first-order valence-electron chi connectivity index (χ1n) is 6.24. The minimum atomic E-state index is 0.474. The lowest BCUT2D eigenvalue weighted by atomic mass is 10.1. The molecule has 0 atom stereocenters. The molecule has 0 spiro atoms. The van der Waals surface area contributed by atoms with E-state index >= 15 is 0 Å². The lowest BCUT2D eigenvalue weighted by Crippen LogP contribution is -2.00. The van der Waals surface area contributed by atoms with Crippen LogP contribution in [0.3, 0.4) is 0 Å². The van der Waals surface area contributed by atoms with Crippen molar-refractivity contribution in [1.29, 1.82) is 0 Å². The van der Waals surface area contributed by atoms with E-state index in [0.29, 0.717) is 18.0 Å². The molecule has 3 rings (SSSR count). The number of benzene rings is 2. The van der Waals surface area contributed by atoms with Crippen LogP contribution in [0.1, 0.15) is 5.56 Å². The van der Waals surface area contributed by atoms with Crippen LogP contribution >= 0.6 is 15.9 Å². The van der Waals surface area contributed by atoms with Gasteiger partial charge in [-0.15, -0.1) is 0 Å². The lowest BCUT2D eigenvalue weighted by molar-refractivity contribution is 0.307. The Hall–Kier alpha value is -2.07. The number of hydrogen-bond donors (Lipinski definition) is 1. The maximum absolute atomic E-state index is 6.16. The Kier molecular flexibility index (Phi) is 3.56. The van der Waals surface area contributed by atoms with Gasteiger partial charge in [0.15, 0.2) is 0 Å². The van der Waals surface area contributed by atoms with Crippen LogP contribution in [0.25, 0.3) is 10.8 Å². The van der Waals surface area contributed by atoms with Crippen molar-refractivity contribution in [2.45, 2.75) is 6.61 Å². The molecule has 0 unspecified atom stereocenters. The van der Waals surface area contributed by atoms with E-state index < -0.39 is 0 Å². The average molecular weight is 329 g/mol. The third kappa shape index (κ3) is 2.47. The molecule has 3 nitrogen and oxygen atoms in total. The number of nitrogens with zero attached hydrogens (tertiary/aromatic N) is 1. The minimum Gasteiger partial charge on any atom is -0.487 e. The van der Waals surface area contributed by atoms with Crippen molar-refractivity contribution in [3.63, 3.8) is 0 Å². The van der Waals surface area contributed by atoms with Gasteiger partial charge in [-0.1, -0.05) is 34.1 Å². The zero-order chi connectivity index (χ0) is 13.9. The van der Waals surface area contributed by atoms with E-state index in [-0.39, 0.29) is 0 Å². The second-order valence-corrected chi connectivity index (χ2v) is 5.31. The van der Waals surface area contributed by atoms with Gasteiger partial charge in [-0.05, 0) is 24.3 Å². The van der Waals surface area contributed by atoms with Gasteiger partial charge in [0.1, 0.15) is 12.4 Å². The number of anilines is 1. The zero-order valence-corrected chi connectivity index (χ0v) is 12.3. The summed E-state index contributed by atoms with van der Waals surface area (Å²) in [5.41, 5.74) is 7.89. The van der Waals surface area contributed by atoms with Gasteiger partial charge in [-0.3, -0.25) is 4.98 Å². The fraction of sp³-hybridized carbons (Fsp3) is 0.0625. The standard InChI is InChI=1S/C16H13BrN2O/c17-14-4-2-1-3-12(14)10-20-15-6-5-11-9-19-8-7-13(11)16(15)18/h1-9H,10,18H2. The fourth-order valence-corrected chi connectivity index (χ4v) is 2.47. The van der Waals surface area contributed by atoms with Gasteiger partial charge in [0, 0.05) is 33.2 Å². The fourth-order valence-electron chi connectivity index (χ4n) is 2.07. The molecule has 100 valence electrons. The van der Waals surface area contributed by atoms with E-state index in [1.807, 2.05) is 42.5 Å². The Morgan fingerprint density at radius 3 is 2.80 bits per heavy atom. The molecular weight excluding hydrogens is 316 g/mol. The van der Waals surface area contributed by atoms with E-state index in [1.165, 1.54) is 0 Å². The van der Waals surface area contributed by atoms with Crippen LogP contribution in [0.4, 0.5) is 5.69 Å². The van der Waals surface area contributed by atoms with Gasteiger partial charge in [0.25, 0.3) is 0 Å².